The van der Waals surface area contributed by atoms with Crippen LogP contribution in [0.15, 0.2) is 23.1 Å². The summed E-state index contributed by atoms with van der Waals surface area (Å²) < 4.78 is 45.2. The van der Waals surface area contributed by atoms with Gasteiger partial charge >= 0.3 is 0 Å². The van der Waals surface area contributed by atoms with Crippen molar-refractivity contribution in [3.8, 4) is 6.07 Å². The molecule has 0 amide bonds. The molecule has 0 radical (unpaired) electrons. The van der Waals surface area contributed by atoms with E-state index in [1.54, 1.807) is 13.0 Å². The fourth-order valence-electron chi connectivity index (χ4n) is 2.31. The van der Waals surface area contributed by atoms with Gasteiger partial charge in [-0.2, -0.15) is 9.57 Å². The summed E-state index contributed by atoms with van der Waals surface area (Å²) >= 11 is 0. The average molecular weight is 312 g/mol. The van der Waals surface area contributed by atoms with Crippen LogP contribution in [0, 0.1) is 17.1 Å². The number of likely N-dealkylation sites (N-methyl/N-ethyl adjacent to an activating group) is 1. The van der Waals surface area contributed by atoms with Crippen LogP contribution in [-0.2, 0) is 14.8 Å². The molecule has 1 aliphatic heterocycles. The smallest absolute Gasteiger partial charge is 0.243 e. The molecule has 5 nitrogen and oxygen atoms in total. The number of hydrogen-bond acceptors (Lipinski definition) is 4. The summed E-state index contributed by atoms with van der Waals surface area (Å²) in [6.07, 6.45) is 1.66. The number of ether oxygens (including phenoxy) is 1. The van der Waals surface area contributed by atoms with Crippen LogP contribution in [0.25, 0.3) is 0 Å². The van der Waals surface area contributed by atoms with Gasteiger partial charge in [0.15, 0.2) is 0 Å². The quantitative estimate of drug-likeness (QED) is 0.832. The van der Waals surface area contributed by atoms with Gasteiger partial charge in [-0.25, -0.2) is 12.8 Å². The molecule has 0 saturated carbocycles. The van der Waals surface area contributed by atoms with Crippen molar-refractivity contribution in [2.24, 2.45) is 0 Å². The largest absolute Gasteiger partial charge is 0.377 e. The maximum Gasteiger partial charge on any atom is 0.243 e. The Morgan fingerprint density at radius 2 is 2.29 bits per heavy atom. The molecule has 0 aliphatic carbocycles. The molecule has 1 aliphatic rings. The van der Waals surface area contributed by atoms with Crippen LogP contribution in [0.2, 0.25) is 0 Å². The minimum Gasteiger partial charge on any atom is -0.377 e. The van der Waals surface area contributed by atoms with E-state index in [1.807, 2.05) is 0 Å². The number of hydrogen-bond donors (Lipinski definition) is 0. The third-order valence-corrected chi connectivity index (χ3v) is 5.42. The fraction of sp³-hybridized carbons (Fsp3) is 0.500. The van der Waals surface area contributed by atoms with Gasteiger partial charge in [0.25, 0.3) is 0 Å². The van der Waals surface area contributed by atoms with Gasteiger partial charge in [-0.1, -0.05) is 6.92 Å². The Hall–Kier alpha value is -1.49. The van der Waals surface area contributed by atoms with Crippen LogP contribution >= 0.6 is 0 Å². The van der Waals surface area contributed by atoms with Crippen LogP contribution in [0.5, 0.6) is 0 Å². The van der Waals surface area contributed by atoms with Gasteiger partial charge in [-0.3, -0.25) is 0 Å². The topological polar surface area (TPSA) is 70.4 Å². The Labute approximate surface area is 124 Å². The molecule has 2 rings (SSSR count). The second-order valence-electron chi connectivity index (χ2n) is 4.84. The van der Waals surface area contributed by atoms with E-state index in [4.69, 9.17) is 10.00 Å². The van der Waals surface area contributed by atoms with E-state index in [2.05, 4.69) is 0 Å². The summed E-state index contributed by atoms with van der Waals surface area (Å²) in [6, 6.07) is 4.92. The molecule has 1 unspecified atom stereocenters. The van der Waals surface area contributed by atoms with Gasteiger partial charge < -0.3 is 4.74 Å². The number of sulfonamides is 1. The lowest BCUT2D eigenvalue weighted by Crippen LogP contribution is -2.37. The summed E-state index contributed by atoms with van der Waals surface area (Å²) in [6.45, 7) is 2.96. The molecule has 1 aromatic rings. The molecular weight excluding hydrogens is 295 g/mol. The van der Waals surface area contributed by atoms with Gasteiger partial charge in [0, 0.05) is 19.7 Å². The standard InChI is InChI=1S/C14H17FN2O3S/c1-2-17(10-12-4-3-7-20-12)21(18,19)13-5-6-14(15)11(8-13)9-16/h5-6,8,12H,2-4,7,10H2,1H3. The third kappa shape index (κ3) is 3.40. The Morgan fingerprint density at radius 3 is 2.86 bits per heavy atom. The maximum absolute atomic E-state index is 13.3. The molecule has 1 heterocycles. The Balaban J connectivity index is 2.28. The zero-order valence-electron chi connectivity index (χ0n) is 11.8. The molecule has 114 valence electrons. The van der Waals surface area contributed by atoms with Gasteiger partial charge in [0.05, 0.1) is 16.6 Å². The summed E-state index contributed by atoms with van der Waals surface area (Å²) in [5, 5.41) is 8.82. The second kappa shape index (κ2) is 6.52. The van der Waals surface area contributed by atoms with Crippen LogP contribution in [0.4, 0.5) is 4.39 Å². The van der Waals surface area contributed by atoms with E-state index in [9.17, 15) is 12.8 Å². The first kappa shape index (κ1) is 15.9. The van der Waals surface area contributed by atoms with Crippen molar-refractivity contribution in [1.29, 1.82) is 5.26 Å². The zero-order chi connectivity index (χ0) is 15.5. The minimum absolute atomic E-state index is 0.0692. The van der Waals surface area contributed by atoms with Crippen molar-refractivity contribution in [2.75, 3.05) is 19.7 Å². The molecule has 0 bridgehead atoms. The lowest BCUT2D eigenvalue weighted by Gasteiger charge is -2.23. The van der Waals surface area contributed by atoms with Crippen molar-refractivity contribution in [2.45, 2.75) is 30.8 Å². The summed E-state index contributed by atoms with van der Waals surface area (Å²) in [5.41, 5.74) is -0.274. The molecular formula is C14H17FN2O3S. The van der Waals surface area contributed by atoms with E-state index >= 15 is 0 Å². The third-order valence-electron chi connectivity index (χ3n) is 3.48. The van der Waals surface area contributed by atoms with Gasteiger partial charge in [-0.05, 0) is 31.0 Å². The number of rotatable bonds is 5. The molecule has 0 N–H and O–H groups in total. The Kier molecular flexibility index (Phi) is 4.93. The van der Waals surface area contributed by atoms with E-state index in [0.29, 0.717) is 13.2 Å². The fourth-order valence-corrected chi connectivity index (χ4v) is 3.82. The predicted molar refractivity (Wildman–Crippen MR) is 74.5 cm³/mol. The van der Waals surface area contributed by atoms with E-state index in [-0.39, 0.29) is 23.1 Å². The van der Waals surface area contributed by atoms with Crippen molar-refractivity contribution in [3.63, 3.8) is 0 Å². The highest BCUT2D eigenvalue weighted by Gasteiger charge is 2.28. The van der Waals surface area contributed by atoms with E-state index in [1.165, 1.54) is 10.4 Å². The van der Waals surface area contributed by atoms with Crippen molar-refractivity contribution in [3.05, 3.63) is 29.6 Å². The number of halogens is 1. The van der Waals surface area contributed by atoms with Crippen LogP contribution in [-0.4, -0.2) is 38.5 Å². The molecule has 1 atom stereocenters. The highest BCUT2D eigenvalue weighted by atomic mass is 32.2. The second-order valence-corrected chi connectivity index (χ2v) is 6.78. The summed E-state index contributed by atoms with van der Waals surface area (Å²) in [5.74, 6) is -0.723. The van der Waals surface area contributed by atoms with Crippen molar-refractivity contribution >= 4 is 10.0 Å². The first-order valence-electron chi connectivity index (χ1n) is 6.80. The minimum atomic E-state index is -3.75. The van der Waals surface area contributed by atoms with Gasteiger partial charge in [-0.15, -0.1) is 0 Å². The summed E-state index contributed by atoms with van der Waals surface area (Å²) in [4.78, 5) is -0.0692. The monoisotopic (exact) mass is 312 g/mol. The lowest BCUT2D eigenvalue weighted by molar-refractivity contribution is 0.0947. The van der Waals surface area contributed by atoms with E-state index < -0.39 is 15.8 Å². The normalized spacial score (nSPS) is 18.9. The summed E-state index contributed by atoms with van der Waals surface area (Å²) in [7, 11) is -3.75. The first-order valence-corrected chi connectivity index (χ1v) is 8.24. The maximum atomic E-state index is 13.3. The highest BCUT2D eigenvalue weighted by Crippen LogP contribution is 2.21. The Bertz CT molecular complexity index is 649. The van der Waals surface area contributed by atoms with Gasteiger partial charge in [0.2, 0.25) is 10.0 Å². The number of benzene rings is 1. The zero-order valence-corrected chi connectivity index (χ0v) is 12.6. The Morgan fingerprint density at radius 1 is 1.52 bits per heavy atom. The van der Waals surface area contributed by atoms with Crippen LogP contribution < -0.4 is 0 Å². The predicted octanol–water partition coefficient (Wildman–Crippen LogP) is 1.89. The average Bonchev–Trinajstić information content (AvgIpc) is 2.97. The first-order chi connectivity index (χ1) is 9.98. The van der Waals surface area contributed by atoms with Crippen molar-refractivity contribution in [1.82, 2.24) is 4.31 Å². The van der Waals surface area contributed by atoms with E-state index in [0.717, 1.165) is 25.0 Å². The molecule has 1 fully saturated rings. The van der Waals surface area contributed by atoms with Crippen LogP contribution in [0.1, 0.15) is 25.3 Å². The number of nitriles is 1. The molecule has 21 heavy (non-hydrogen) atoms. The van der Waals surface area contributed by atoms with Gasteiger partial charge in [0.1, 0.15) is 11.9 Å². The number of nitrogens with zero attached hydrogens (tertiary/aromatic N) is 2. The SMILES string of the molecule is CCN(CC1CCCO1)S(=O)(=O)c1ccc(F)c(C#N)c1. The molecule has 1 aromatic carbocycles. The lowest BCUT2D eigenvalue weighted by atomic mass is 10.2. The van der Waals surface area contributed by atoms with Crippen LogP contribution in [0.3, 0.4) is 0 Å². The molecule has 0 aromatic heterocycles. The molecule has 7 heteroatoms. The highest BCUT2D eigenvalue weighted by molar-refractivity contribution is 7.89. The van der Waals surface area contributed by atoms with Crippen molar-refractivity contribution < 1.29 is 17.5 Å². The molecule has 1 saturated heterocycles. The molecule has 0 spiro atoms.